The fourth-order valence-corrected chi connectivity index (χ4v) is 4.02. The summed E-state index contributed by atoms with van der Waals surface area (Å²) in [6.07, 6.45) is 5.47. The maximum absolute atomic E-state index is 13.5. The van der Waals surface area contributed by atoms with Gasteiger partial charge in [-0.2, -0.15) is 0 Å². The predicted octanol–water partition coefficient (Wildman–Crippen LogP) is 6.20. The van der Waals surface area contributed by atoms with Crippen LogP contribution in [0.3, 0.4) is 0 Å². The first-order valence-corrected chi connectivity index (χ1v) is 9.03. The molecule has 4 rings (SSSR count). The molecule has 3 aromatic rings. The number of halogens is 1. The number of fused-ring (bicyclic) bond motifs is 2. The second-order valence-electron chi connectivity index (χ2n) is 7.04. The highest BCUT2D eigenvalue weighted by molar-refractivity contribution is 5.84. The van der Waals surface area contributed by atoms with E-state index >= 15 is 0 Å². The van der Waals surface area contributed by atoms with Crippen LogP contribution in [0.5, 0.6) is 0 Å². The van der Waals surface area contributed by atoms with Crippen LogP contribution in [0.4, 0.5) is 4.39 Å². The van der Waals surface area contributed by atoms with E-state index in [1.165, 1.54) is 39.4 Å². The van der Waals surface area contributed by atoms with E-state index < -0.39 is 0 Å². The van der Waals surface area contributed by atoms with Gasteiger partial charge in [0.05, 0.1) is 0 Å². The van der Waals surface area contributed by atoms with E-state index in [1.807, 2.05) is 6.07 Å². The molecule has 1 aliphatic carbocycles. The average molecular weight is 318 g/mol. The van der Waals surface area contributed by atoms with Crippen molar-refractivity contribution in [3.05, 3.63) is 82.7 Å². The molecular weight excluding hydrogens is 295 g/mol. The fraction of sp³-hybridized carbons (Fsp3) is 0.304. The van der Waals surface area contributed by atoms with E-state index in [2.05, 4.69) is 43.3 Å². The van der Waals surface area contributed by atoms with Crippen molar-refractivity contribution < 1.29 is 4.39 Å². The molecule has 122 valence electrons. The minimum atomic E-state index is -0.114. The smallest absolute Gasteiger partial charge is 0.123 e. The van der Waals surface area contributed by atoms with Gasteiger partial charge in [0, 0.05) is 0 Å². The van der Waals surface area contributed by atoms with Gasteiger partial charge in [-0.05, 0) is 76.8 Å². The zero-order valence-electron chi connectivity index (χ0n) is 14.2. The quantitative estimate of drug-likeness (QED) is 0.539. The molecule has 0 heterocycles. The Morgan fingerprint density at radius 2 is 1.75 bits per heavy atom. The van der Waals surface area contributed by atoms with Crippen molar-refractivity contribution in [2.24, 2.45) is 0 Å². The molecule has 1 aliphatic rings. The molecule has 0 saturated carbocycles. The van der Waals surface area contributed by atoms with Crippen molar-refractivity contribution in [2.75, 3.05) is 0 Å². The Bertz CT molecular complexity index is 878. The van der Waals surface area contributed by atoms with Crippen molar-refractivity contribution in [1.29, 1.82) is 0 Å². The lowest BCUT2D eigenvalue weighted by atomic mass is 9.80. The van der Waals surface area contributed by atoms with E-state index in [9.17, 15) is 4.39 Å². The predicted molar refractivity (Wildman–Crippen MR) is 99.1 cm³/mol. The van der Waals surface area contributed by atoms with Crippen LogP contribution in [-0.2, 0) is 19.3 Å². The van der Waals surface area contributed by atoms with Crippen LogP contribution in [0.1, 0.15) is 47.9 Å². The number of rotatable bonds is 3. The first-order chi connectivity index (χ1) is 11.7. The lowest BCUT2D eigenvalue weighted by molar-refractivity contribution is 0.572. The van der Waals surface area contributed by atoms with Gasteiger partial charge in [-0.1, -0.05) is 55.8 Å². The Labute approximate surface area is 143 Å². The molecule has 3 aromatic carbocycles. The lowest BCUT2D eigenvalue weighted by Gasteiger charge is -2.25. The van der Waals surface area contributed by atoms with Gasteiger partial charge in [-0.25, -0.2) is 4.39 Å². The summed E-state index contributed by atoms with van der Waals surface area (Å²) in [6.45, 7) is 2.22. The highest BCUT2D eigenvalue weighted by Gasteiger charge is 2.20. The van der Waals surface area contributed by atoms with Crippen LogP contribution in [0.15, 0.2) is 54.6 Å². The maximum atomic E-state index is 13.5. The first kappa shape index (κ1) is 15.4. The van der Waals surface area contributed by atoms with Gasteiger partial charge in [0.15, 0.2) is 0 Å². The summed E-state index contributed by atoms with van der Waals surface area (Å²) in [4.78, 5) is 0. The van der Waals surface area contributed by atoms with Gasteiger partial charge in [0.1, 0.15) is 5.82 Å². The number of hydrogen-bond acceptors (Lipinski definition) is 0. The minimum Gasteiger partial charge on any atom is -0.207 e. The molecular formula is C23H23F. The Morgan fingerprint density at radius 1 is 0.917 bits per heavy atom. The van der Waals surface area contributed by atoms with Gasteiger partial charge < -0.3 is 0 Å². The summed E-state index contributed by atoms with van der Waals surface area (Å²) in [5.41, 5.74) is 5.31. The van der Waals surface area contributed by atoms with E-state index in [1.54, 1.807) is 12.1 Å². The Balaban J connectivity index is 1.63. The lowest BCUT2D eigenvalue weighted by Crippen LogP contribution is -2.13. The number of hydrogen-bond donors (Lipinski definition) is 0. The van der Waals surface area contributed by atoms with Gasteiger partial charge in [-0.3, -0.25) is 0 Å². The SMILES string of the molecule is CCCc1ccc2cc(C3CCc4ccc(F)cc4C3)ccc2c1. The molecule has 0 bridgehead atoms. The molecule has 0 fully saturated rings. The summed E-state index contributed by atoms with van der Waals surface area (Å²) in [5.74, 6) is 0.385. The fourth-order valence-electron chi connectivity index (χ4n) is 4.02. The summed E-state index contributed by atoms with van der Waals surface area (Å²) in [6, 6.07) is 18.9. The van der Waals surface area contributed by atoms with Crippen molar-refractivity contribution in [3.8, 4) is 0 Å². The third-order valence-electron chi connectivity index (χ3n) is 5.34. The molecule has 0 nitrogen and oxygen atoms in total. The normalized spacial score (nSPS) is 17.0. The second-order valence-corrected chi connectivity index (χ2v) is 7.04. The third-order valence-corrected chi connectivity index (χ3v) is 5.34. The van der Waals surface area contributed by atoms with Crippen LogP contribution < -0.4 is 0 Å². The highest BCUT2D eigenvalue weighted by Crippen LogP contribution is 2.34. The molecule has 0 aliphatic heterocycles. The highest BCUT2D eigenvalue weighted by atomic mass is 19.1. The van der Waals surface area contributed by atoms with Crippen molar-refractivity contribution in [2.45, 2.75) is 44.9 Å². The molecule has 0 radical (unpaired) electrons. The van der Waals surface area contributed by atoms with Gasteiger partial charge >= 0.3 is 0 Å². The Kier molecular flexibility index (Phi) is 4.10. The van der Waals surface area contributed by atoms with Gasteiger partial charge in [0.2, 0.25) is 0 Å². The molecule has 0 spiro atoms. The van der Waals surface area contributed by atoms with Gasteiger partial charge in [-0.15, -0.1) is 0 Å². The molecule has 0 amide bonds. The molecule has 0 aromatic heterocycles. The monoisotopic (exact) mass is 318 g/mol. The van der Waals surface area contributed by atoms with Crippen LogP contribution in [0.25, 0.3) is 10.8 Å². The summed E-state index contributed by atoms with van der Waals surface area (Å²) in [7, 11) is 0. The summed E-state index contributed by atoms with van der Waals surface area (Å²) < 4.78 is 13.5. The van der Waals surface area contributed by atoms with Crippen LogP contribution in [0, 0.1) is 5.82 Å². The molecule has 0 N–H and O–H groups in total. The molecule has 1 heteroatoms. The zero-order chi connectivity index (χ0) is 16.5. The van der Waals surface area contributed by atoms with Crippen molar-refractivity contribution in [1.82, 2.24) is 0 Å². The topological polar surface area (TPSA) is 0 Å². The van der Waals surface area contributed by atoms with Crippen molar-refractivity contribution >= 4 is 10.8 Å². The van der Waals surface area contributed by atoms with E-state index in [-0.39, 0.29) is 5.82 Å². The zero-order valence-corrected chi connectivity index (χ0v) is 14.2. The second kappa shape index (κ2) is 6.39. The maximum Gasteiger partial charge on any atom is 0.123 e. The van der Waals surface area contributed by atoms with E-state index in [0.717, 1.165) is 25.7 Å². The molecule has 0 saturated heterocycles. The summed E-state index contributed by atoms with van der Waals surface area (Å²) >= 11 is 0. The standard InChI is InChI=1S/C23H23F/c1-2-3-16-4-5-19-13-20(9-8-18(19)12-16)21-7-6-17-10-11-23(24)15-22(17)14-21/h4-5,8-13,15,21H,2-3,6-7,14H2,1H3. The van der Waals surface area contributed by atoms with Crippen LogP contribution in [0.2, 0.25) is 0 Å². The number of aryl methyl sites for hydroxylation is 2. The largest absolute Gasteiger partial charge is 0.207 e. The van der Waals surface area contributed by atoms with Gasteiger partial charge in [0.25, 0.3) is 0 Å². The molecule has 1 atom stereocenters. The number of benzene rings is 3. The van der Waals surface area contributed by atoms with E-state index in [4.69, 9.17) is 0 Å². The molecule has 1 unspecified atom stereocenters. The minimum absolute atomic E-state index is 0.114. The summed E-state index contributed by atoms with van der Waals surface area (Å²) in [5, 5.41) is 2.64. The van der Waals surface area contributed by atoms with Crippen molar-refractivity contribution in [3.63, 3.8) is 0 Å². The Morgan fingerprint density at radius 3 is 2.62 bits per heavy atom. The van der Waals surface area contributed by atoms with Crippen LogP contribution in [-0.4, -0.2) is 0 Å². The third kappa shape index (κ3) is 2.96. The average Bonchev–Trinajstić information content (AvgIpc) is 2.61. The van der Waals surface area contributed by atoms with E-state index in [0.29, 0.717) is 5.92 Å². The Hall–Kier alpha value is -2.15. The van der Waals surface area contributed by atoms with Crippen LogP contribution >= 0.6 is 0 Å². The molecule has 24 heavy (non-hydrogen) atoms. The first-order valence-electron chi connectivity index (χ1n) is 9.03.